The van der Waals surface area contributed by atoms with Crippen LogP contribution in [0.4, 0.5) is 0 Å². The lowest BCUT2D eigenvalue weighted by Gasteiger charge is -2.20. The maximum atomic E-state index is 12.4. The number of benzene rings is 2. The van der Waals surface area contributed by atoms with Crippen LogP contribution in [0.2, 0.25) is 5.02 Å². The highest BCUT2D eigenvalue weighted by atomic mass is 35.5. The van der Waals surface area contributed by atoms with Gasteiger partial charge in [0, 0.05) is 5.56 Å². The SMILES string of the molecule is CCCS(=O)(=O)NC(C(=O)ONC(=O)Cc1ccc(OCC#Cc2ccccc2Cl)c(OC)c1)C(C)C. The number of carbonyl (C=O) groups is 2. The normalized spacial score (nSPS) is 11.7. The Bertz CT molecular complexity index is 1250. The minimum atomic E-state index is -3.65. The fraction of sp³-hybridized carbons (Fsp3) is 0.385. The van der Waals surface area contributed by atoms with Crippen LogP contribution in [0, 0.1) is 17.8 Å². The minimum absolute atomic E-state index is 0.0936. The van der Waals surface area contributed by atoms with E-state index in [1.807, 2.05) is 12.1 Å². The van der Waals surface area contributed by atoms with Gasteiger partial charge in [0.1, 0.15) is 12.6 Å². The van der Waals surface area contributed by atoms with E-state index in [0.717, 1.165) is 0 Å². The van der Waals surface area contributed by atoms with Crippen LogP contribution in [0.1, 0.15) is 38.3 Å². The Labute approximate surface area is 222 Å². The Morgan fingerprint density at radius 2 is 1.84 bits per heavy atom. The van der Waals surface area contributed by atoms with E-state index in [1.165, 1.54) is 7.11 Å². The zero-order chi connectivity index (χ0) is 27.4. The summed E-state index contributed by atoms with van der Waals surface area (Å²) in [5, 5.41) is 0.554. The second kappa shape index (κ2) is 14.5. The van der Waals surface area contributed by atoms with E-state index in [-0.39, 0.29) is 24.7 Å². The molecule has 200 valence electrons. The summed E-state index contributed by atoms with van der Waals surface area (Å²) >= 11 is 6.08. The quantitative estimate of drug-likeness (QED) is 0.325. The molecule has 2 N–H and O–H groups in total. The number of sulfonamides is 1. The van der Waals surface area contributed by atoms with Gasteiger partial charge in [0.05, 0.1) is 24.3 Å². The minimum Gasteiger partial charge on any atom is -0.493 e. The van der Waals surface area contributed by atoms with E-state index in [0.29, 0.717) is 34.1 Å². The zero-order valence-electron chi connectivity index (χ0n) is 21.2. The maximum Gasteiger partial charge on any atom is 0.350 e. The first-order valence-electron chi connectivity index (χ1n) is 11.6. The average molecular weight is 551 g/mol. The van der Waals surface area contributed by atoms with Gasteiger partial charge in [0.15, 0.2) is 11.5 Å². The molecule has 37 heavy (non-hydrogen) atoms. The molecule has 1 amide bonds. The van der Waals surface area contributed by atoms with Crippen molar-refractivity contribution in [1.29, 1.82) is 0 Å². The summed E-state index contributed by atoms with van der Waals surface area (Å²) in [7, 11) is -2.18. The Morgan fingerprint density at radius 1 is 1.11 bits per heavy atom. The van der Waals surface area contributed by atoms with E-state index >= 15 is 0 Å². The number of nitrogens with one attached hydrogen (secondary N) is 2. The summed E-state index contributed by atoms with van der Waals surface area (Å²) in [6, 6.07) is 11.0. The van der Waals surface area contributed by atoms with Gasteiger partial charge < -0.3 is 14.3 Å². The molecule has 0 heterocycles. The molecule has 0 saturated heterocycles. The molecule has 1 unspecified atom stereocenters. The van der Waals surface area contributed by atoms with Crippen molar-refractivity contribution in [3.63, 3.8) is 0 Å². The van der Waals surface area contributed by atoms with Gasteiger partial charge >= 0.3 is 5.97 Å². The first-order valence-corrected chi connectivity index (χ1v) is 13.6. The highest BCUT2D eigenvalue weighted by Gasteiger charge is 2.29. The van der Waals surface area contributed by atoms with Crippen LogP contribution in [0.5, 0.6) is 11.5 Å². The van der Waals surface area contributed by atoms with Crippen LogP contribution in [-0.4, -0.2) is 45.8 Å². The van der Waals surface area contributed by atoms with Gasteiger partial charge in [0.25, 0.3) is 5.91 Å². The van der Waals surface area contributed by atoms with Crippen LogP contribution >= 0.6 is 11.6 Å². The van der Waals surface area contributed by atoms with Crippen molar-refractivity contribution in [3.05, 3.63) is 58.6 Å². The van der Waals surface area contributed by atoms with Gasteiger partial charge in [-0.1, -0.05) is 62.4 Å². The molecule has 0 spiro atoms. The van der Waals surface area contributed by atoms with Gasteiger partial charge in [-0.2, -0.15) is 5.48 Å². The number of methoxy groups -OCH3 is 1. The lowest BCUT2D eigenvalue weighted by Crippen LogP contribution is -2.48. The summed E-state index contributed by atoms with van der Waals surface area (Å²) in [5.74, 6) is 4.64. The number of hydrogen-bond donors (Lipinski definition) is 2. The Balaban J connectivity index is 1.93. The topological polar surface area (TPSA) is 120 Å². The fourth-order valence-corrected chi connectivity index (χ4v) is 4.71. The monoisotopic (exact) mass is 550 g/mol. The Kier molecular flexibility index (Phi) is 11.7. The molecule has 2 aromatic rings. The smallest absolute Gasteiger partial charge is 0.350 e. The van der Waals surface area contributed by atoms with Crippen LogP contribution < -0.4 is 19.7 Å². The third-order valence-corrected chi connectivity index (χ3v) is 6.84. The lowest BCUT2D eigenvalue weighted by molar-refractivity contribution is -0.160. The summed E-state index contributed by atoms with van der Waals surface area (Å²) < 4.78 is 37.4. The Morgan fingerprint density at radius 3 is 2.49 bits per heavy atom. The maximum absolute atomic E-state index is 12.4. The van der Waals surface area contributed by atoms with Crippen molar-refractivity contribution >= 4 is 33.5 Å². The van der Waals surface area contributed by atoms with Gasteiger partial charge in [-0.15, -0.1) is 0 Å². The van der Waals surface area contributed by atoms with Crippen molar-refractivity contribution in [3.8, 4) is 23.3 Å². The number of hydroxylamine groups is 1. The van der Waals surface area contributed by atoms with Gasteiger partial charge in [-0.25, -0.2) is 17.9 Å². The first kappa shape index (κ1) is 30.0. The number of halogens is 1. The Hall–Kier alpha value is -3.26. The molecule has 0 aliphatic heterocycles. The molecule has 11 heteroatoms. The van der Waals surface area contributed by atoms with Crippen molar-refractivity contribution < 1.29 is 32.3 Å². The predicted octanol–water partition coefficient (Wildman–Crippen LogP) is 3.25. The van der Waals surface area contributed by atoms with E-state index in [9.17, 15) is 18.0 Å². The molecule has 0 bridgehead atoms. The largest absolute Gasteiger partial charge is 0.493 e. The molecule has 2 aromatic carbocycles. The third kappa shape index (κ3) is 9.96. The number of carbonyl (C=O) groups excluding carboxylic acids is 2. The molecule has 0 saturated carbocycles. The van der Waals surface area contributed by atoms with Gasteiger partial charge in [-0.3, -0.25) is 4.79 Å². The van der Waals surface area contributed by atoms with Crippen molar-refractivity contribution in [2.45, 2.75) is 39.7 Å². The number of rotatable bonds is 11. The molecular formula is C26H31ClN2O7S. The van der Waals surface area contributed by atoms with E-state index in [1.54, 1.807) is 51.1 Å². The van der Waals surface area contributed by atoms with Crippen LogP contribution in [0.15, 0.2) is 42.5 Å². The van der Waals surface area contributed by atoms with Crippen molar-refractivity contribution in [1.82, 2.24) is 10.2 Å². The van der Waals surface area contributed by atoms with Crippen LogP contribution in [0.25, 0.3) is 0 Å². The first-order chi connectivity index (χ1) is 17.6. The van der Waals surface area contributed by atoms with E-state index in [2.05, 4.69) is 22.0 Å². The summed E-state index contributed by atoms with van der Waals surface area (Å²) in [4.78, 5) is 29.6. The highest BCUT2D eigenvalue weighted by Crippen LogP contribution is 2.28. The van der Waals surface area contributed by atoms with Crippen LogP contribution in [0.3, 0.4) is 0 Å². The summed E-state index contributed by atoms with van der Waals surface area (Å²) in [5.41, 5.74) is 3.34. The highest BCUT2D eigenvalue weighted by molar-refractivity contribution is 7.89. The van der Waals surface area contributed by atoms with E-state index < -0.39 is 27.9 Å². The standard InChI is InChI=1S/C26H31ClN2O7S/c1-5-15-37(32,33)29-25(18(2)3)26(31)36-28-24(30)17-19-12-13-22(23(16-19)34-4)35-14-8-10-20-9-6-7-11-21(20)27/h6-7,9,11-13,16,18,25,29H,5,14-15,17H2,1-4H3,(H,28,30). The molecule has 0 aromatic heterocycles. The van der Waals surface area contributed by atoms with Crippen LogP contribution in [-0.2, 0) is 30.9 Å². The fourth-order valence-electron chi connectivity index (χ4n) is 3.12. The molecule has 0 aliphatic rings. The summed E-state index contributed by atoms with van der Waals surface area (Å²) in [6.07, 6.45) is 0.277. The number of ether oxygens (including phenoxy) is 2. The molecule has 0 aliphatic carbocycles. The summed E-state index contributed by atoms with van der Waals surface area (Å²) in [6.45, 7) is 5.14. The number of amides is 1. The predicted molar refractivity (Wildman–Crippen MR) is 141 cm³/mol. The second-order valence-electron chi connectivity index (χ2n) is 8.34. The van der Waals surface area contributed by atoms with Crippen molar-refractivity contribution in [2.75, 3.05) is 19.5 Å². The molecule has 0 fully saturated rings. The van der Waals surface area contributed by atoms with Crippen molar-refractivity contribution in [2.24, 2.45) is 5.92 Å². The molecule has 0 radical (unpaired) electrons. The third-order valence-electron chi connectivity index (χ3n) is 4.95. The second-order valence-corrected chi connectivity index (χ2v) is 10.6. The van der Waals surface area contributed by atoms with E-state index in [4.69, 9.17) is 25.9 Å². The average Bonchev–Trinajstić information content (AvgIpc) is 2.85. The van der Waals surface area contributed by atoms with Gasteiger partial charge in [0.2, 0.25) is 10.0 Å². The zero-order valence-corrected chi connectivity index (χ0v) is 22.7. The lowest BCUT2D eigenvalue weighted by atomic mass is 10.1. The van der Waals surface area contributed by atoms with Gasteiger partial charge in [-0.05, 0) is 42.2 Å². The molecular weight excluding hydrogens is 520 g/mol. The number of hydrogen-bond acceptors (Lipinski definition) is 7. The molecule has 2 rings (SSSR count). The molecule has 1 atom stereocenters. The molecule has 9 nitrogen and oxygen atoms in total.